The van der Waals surface area contributed by atoms with Crippen molar-refractivity contribution < 1.29 is 9.53 Å². The maximum atomic E-state index is 11.9. The highest BCUT2D eigenvalue weighted by atomic mass is 16.5. The molecule has 1 atom stereocenters. The number of carbonyl (C=O) groups is 1. The largest absolute Gasteiger partial charge is 0.494 e. The van der Waals surface area contributed by atoms with Gasteiger partial charge in [0.2, 0.25) is 5.91 Å². The minimum atomic E-state index is -0.0125. The number of piperidine rings is 1. The van der Waals surface area contributed by atoms with E-state index >= 15 is 0 Å². The van der Waals surface area contributed by atoms with Gasteiger partial charge in [0.25, 0.3) is 0 Å². The van der Waals surface area contributed by atoms with Gasteiger partial charge in [0.05, 0.1) is 6.61 Å². The zero-order valence-corrected chi connectivity index (χ0v) is 12.4. The van der Waals surface area contributed by atoms with E-state index in [-0.39, 0.29) is 11.9 Å². The minimum absolute atomic E-state index is 0.0125. The van der Waals surface area contributed by atoms with Gasteiger partial charge in [-0.2, -0.15) is 0 Å². The molecular formula is C16H24N2O2. The van der Waals surface area contributed by atoms with Crippen molar-refractivity contribution in [3.8, 4) is 5.75 Å². The number of ether oxygens (including phenoxy) is 1. The topological polar surface area (TPSA) is 55.6 Å². The molecule has 0 bridgehead atoms. The summed E-state index contributed by atoms with van der Waals surface area (Å²) in [6, 6.07) is 6.02. The summed E-state index contributed by atoms with van der Waals surface area (Å²) in [6.07, 6.45) is 2.76. The van der Waals surface area contributed by atoms with E-state index in [4.69, 9.17) is 10.5 Å². The first-order valence-corrected chi connectivity index (χ1v) is 7.40. The molecule has 1 aromatic carbocycles. The van der Waals surface area contributed by atoms with Crippen LogP contribution in [-0.2, 0) is 11.3 Å². The Labute approximate surface area is 120 Å². The molecule has 2 rings (SSSR count). The van der Waals surface area contributed by atoms with Gasteiger partial charge in [-0.15, -0.1) is 0 Å². The van der Waals surface area contributed by atoms with Crippen LogP contribution in [-0.4, -0.2) is 24.0 Å². The summed E-state index contributed by atoms with van der Waals surface area (Å²) >= 11 is 0. The molecule has 4 heteroatoms. The van der Waals surface area contributed by atoms with Crippen LogP contribution in [0.5, 0.6) is 5.75 Å². The minimum Gasteiger partial charge on any atom is -0.494 e. The number of benzene rings is 1. The number of amides is 1. The summed E-state index contributed by atoms with van der Waals surface area (Å²) in [5, 5.41) is 0. The number of nitrogens with zero attached hydrogens (tertiary/aromatic N) is 1. The molecule has 1 fully saturated rings. The fraction of sp³-hybridized carbons (Fsp3) is 0.562. The van der Waals surface area contributed by atoms with E-state index in [0.717, 1.165) is 36.3 Å². The third kappa shape index (κ3) is 3.51. The van der Waals surface area contributed by atoms with Gasteiger partial charge in [-0.1, -0.05) is 6.07 Å². The number of likely N-dealkylation sites (tertiary alicyclic amines) is 1. The van der Waals surface area contributed by atoms with Crippen LogP contribution in [0.1, 0.15) is 50.3 Å². The molecular weight excluding hydrogens is 252 g/mol. The molecule has 0 radical (unpaired) electrons. The first kappa shape index (κ1) is 14.9. The van der Waals surface area contributed by atoms with Gasteiger partial charge >= 0.3 is 0 Å². The molecule has 1 heterocycles. The molecule has 0 spiro atoms. The van der Waals surface area contributed by atoms with Gasteiger partial charge in [0.15, 0.2) is 0 Å². The predicted octanol–water partition coefficient (Wildman–Crippen LogP) is 2.62. The summed E-state index contributed by atoms with van der Waals surface area (Å²) < 4.78 is 5.67. The van der Waals surface area contributed by atoms with Crippen molar-refractivity contribution >= 4 is 5.91 Å². The summed E-state index contributed by atoms with van der Waals surface area (Å²) in [7, 11) is 0. The van der Waals surface area contributed by atoms with Gasteiger partial charge < -0.3 is 15.4 Å². The number of nitrogens with two attached hydrogens (primary N) is 1. The average Bonchev–Trinajstić information content (AvgIpc) is 2.43. The van der Waals surface area contributed by atoms with Crippen molar-refractivity contribution in [1.82, 2.24) is 4.90 Å². The van der Waals surface area contributed by atoms with Crippen LogP contribution >= 0.6 is 0 Å². The molecule has 1 aliphatic heterocycles. The third-order valence-electron chi connectivity index (χ3n) is 3.69. The van der Waals surface area contributed by atoms with E-state index < -0.39 is 0 Å². The second-order valence-electron chi connectivity index (χ2n) is 5.36. The summed E-state index contributed by atoms with van der Waals surface area (Å²) in [5.41, 5.74) is 8.08. The van der Waals surface area contributed by atoms with Crippen LogP contribution in [0.15, 0.2) is 18.2 Å². The van der Waals surface area contributed by atoms with Crippen LogP contribution in [0.4, 0.5) is 0 Å². The molecule has 2 N–H and O–H groups in total. The zero-order valence-electron chi connectivity index (χ0n) is 12.4. The molecule has 1 unspecified atom stereocenters. The molecule has 0 aromatic heterocycles. The van der Waals surface area contributed by atoms with Crippen molar-refractivity contribution in [2.75, 3.05) is 13.2 Å². The maximum absolute atomic E-state index is 11.9. The lowest BCUT2D eigenvalue weighted by molar-refractivity contribution is -0.133. The number of hydrogen-bond donors (Lipinski definition) is 1. The van der Waals surface area contributed by atoms with Gasteiger partial charge in [-0.25, -0.2) is 0 Å². The molecule has 1 amide bonds. The smallest absolute Gasteiger partial charge is 0.222 e. The van der Waals surface area contributed by atoms with E-state index in [1.807, 2.05) is 30.9 Å². The van der Waals surface area contributed by atoms with Crippen molar-refractivity contribution in [3.63, 3.8) is 0 Å². The molecule has 110 valence electrons. The molecule has 1 aromatic rings. The van der Waals surface area contributed by atoms with Crippen molar-refractivity contribution in [3.05, 3.63) is 29.3 Å². The Kier molecular flexibility index (Phi) is 5.01. The van der Waals surface area contributed by atoms with Crippen LogP contribution in [0.2, 0.25) is 0 Å². The Hall–Kier alpha value is -1.55. The van der Waals surface area contributed by atoms with E-state index in [1.54, 1.807) is 0 Å². The average molecular weight is 276 g/mol. The Morgan fingerprint density at radius 1 is 1.40 bits per heavy atom. The number of hydrogen-bond acceptors (Lipinski definition) is 3. The van der Waals surface area contributed by atoms with E-state index in [2.05, 4.69) is 6.07 Å². The molecule has 1 aliphatic rings. The van der Waals surface area contributed by atoms with Crippen LogP contribution in [0.25, 0.3) is 0 Å². The second-order valence-corrected chi connectivity index (χ2v) is 5.36. The van der Waals surface area contributed by atoms with Crippen LogP contribution < -0.4 is 10.5 Å². The van der Waals surface area contributed by atoms with Gasteiger partial charge in [-0.05, 0) is 44.4 Å². The van der Waals surface area contributed by atoms with Crippen molar-refractivity contribution in [2.45, 2.75) is 45.7 Å². The third-order valence-corrected chi connectivity index (χ3v) is 3.69. The fourth-order valence-corrected chi connectivity index (χ4v) is 2.54. The molecule has 1 saturated heterocycles. The normalized spacial score (nSPS) is 17.1. The van der Waals surface area contributed by atoms with Crippen molar-refractivity contribution in [1.29, 1.82) is 0 Å². The number of carbonyl (C=O) groups excluding carboxylic acids is 1. The quantitative estimate of drug-likeness (QED) is 0.899. The van der Waals surface area contributed by atoms with Gasteiger partial charge in [0.1, 0.15) is 5.75 Å². The summed E-state index contributed by atoms with van der Waals surface area (Å²) in [5.74, 6) is 1.10. The first-order valence-electron chi connectivity index (χ1n) is 7.40. The predicted molar refractivity (Wildman–Crippen MR) is 79.5 cm³/mol. The van der Waals surface area contributed by atoms with E-state index in [9.17, 15) is 4.79 Å². The lowest BCUT2D eigenvalue weighted by Crippen LogP contribution is -2.34. The van der Waals surface area contributed by atoms with Gasteiger partial charge in [0, 0.05) is 31.1 Å². The summed E-state index contributed by atoms with van der Waals surface area (Å²) in [6.45, 7) is 6.01. The molecule has 0 saturated carbocycles. The lowest BCUT2D eigenvalue weighted by atomic mass is 10.0. The monoisotopic (exact) mass is 276 g/mol. The van der Waals surface area contributed by atoms with Crippen LogP contribution in [0, 0.1) is 0 Å². The zero-order chi connectivity index (χ0) is 14.5. The first-order chi connectivity index (χ1) is 9.61. The van der Waals surface area contributed by atoms with Crippen LogP contribution in [0.3, 0.4) is 0 Å². The Balaban J connectivity index is 2.22. The Morgan fingerprint density at radius 3 is 2.85 bits per heavy atom. The highest BCUT2D eigenvalue weighted by molar-refractivity contribution is 5.76. The highest BCUT2D eigenvalue weighted by Gasteiger charge is 2.20. The van der Waals surface area contributed by atoms with Crippen molar-refractivity contribution in [2.24, 2.45) is 5.73 Å². The molecule has 20 heavy (non-hydrogen) atoms. The van der Waals surface area contributed by atoms with Gasteiger partial charge in [-0.3, -0.25) is 4.79 Å². The highest BCUT2D eigenvalue weighted by Crippen LogP contribution is 2.25. The maximum Gasteiger partial charge on any atom is 0.222 e. The lowest BCUT2D eigenvalue weighted by Gasteiger charge is -2.27. The second kappa shape index (κ2) is 6.75. The van der Waals surface area contributed by atoms with E-state index in [0.29, 0.717) is 19.6 Å². The van der Waals surface area contributed by atoms with E-state index in [1.165, 1.54) is 0 Å². The Morgan fingerprint density at radius 2 is 2.20 bits per heavy atom. The molecule has 0 aliphatic carbocycles. The Bertz CT molecular complexity index is 472. The number of rotatable bonds is 5. The summed E-state index contributed by atoms with van der Waals surface area (Å²) in [4.78, 5) is 13.9. The fourth-order valence-electron chi connectivity index (χ4n) is 2.54. The SMILES string of the molecule is CCOc1ccc(C(C)N)cc1CN1CCCCC1=O. The molecule has 4 nitrogen and oxygen atoms in total. The standard InChI is InChI=1S/C16H24N2O2/c1-3-20-15-8-7-13(12(2)17)10-14(15)11-18-9-5-4-6-16(18)19/h7-8,10,12H,3-6,9,11,17H2,1-2H3.